The van der Waals surface area contributed by atoms with Crippen molar-refractivity contribution < 1.29 is 14.3 Å². The third-order valence-corrected chi connectivity index (χ3v) is 4.94. The Morgan fingerprint density at radius 3 is 2.79 bits per heavy atom. The molecular formula is C22H26N4O3. The molecule has 1 N–H and O–H groups in total. The molecule has 7 nitrogen and oxygen atoms in total. The van der Waals surface area contributed by atoms with Crippen molar-refractivity contribution in [2.45, 2.75) is 45.2 Å². The maximum atomic E-state index is 12.8. The Morgan fingerprint density at radius 2 is 2.10 bits per heavy atom. The minimum absolute atomic E-state index is 0.0144. The molecule has 3 rings (SSSR count). The second-order valence-corrected chi connectivity index (χ2v) is 7.36. The predicted octanol–water partition coefficient (Wildman–Crippen LogP) is 2.65. The van der Waals surface area contributed by atoms with Crippen LogP contribution in [0.2, 0.25) is 0 Å². The van der Waals surface area contributed by atoms with Crippen LogP contribution in [-0.4, -0.2) is 45.5 Å². The van der Waals surface area contributed by atoms with Crippen molar-refractivity contribution in [2.75, 3.05) is 18.5 Å². The predicted molar refractivity (Wildman–Crippen MR) is 110 cm³/mol. The molecule has 0 aliphatic carbocycles. The third kappa shape index (κ3) is 4.96. The highest BCUT2D eigenvalue weighted by Gasteiger charge is 2.33. The van der Waals surface area contributed by atoms with E-state index in [1.807, 2.05) is 6.20 Å². The lowest BCUT2D eigenvalue weighted by Crippen LogP contribution is -2.44. The van der Waals surface area contributed by atoms with Crippen LogP contribution in [0.15, 0.2) is 36.7 Å². The van der Waals surface area contributed by atoms with Gasteiger partial charge in [-0.15, -0.1) is 6.42 Å². The van der Waals surface area contributed by atoms with Crippen LogP contribution in [0, 0.1) is 12.3 Å². The van der Waals surface area contributed by atoms with Crippen molar-refractivity contribution in [3.05, 3.63) is 42.5 Å². The summed E-state index contributed by atoms with van der Waals surface area (Å²) in [7, 11) is 0. The van der Waals surface area contributed by atoms with Crippen LogP contribution in [0.4, 0.5) is 5.69 Å². The lowest BCUT2D eigenvalue weighted by Gasteiger charge is -2.25. The van der Waals surface area contributed by atoms with Gasteiger partial charge in [0.15, 0.2) is 0 Å². The van der Waals surface area contributed by atoms with E-state index in [0.717, 1.165) is 18.7 Å². The summed E-state index contributed by atoms with van der Waals surface area (Å²) in [5.74, 6) is 3.14. The number of anilines is 1. The lowest BCUT2D eigenvalue weighted by atomic mass is 10.2. The number of carbonyl (C=O) groups excluding carboxylic acids is 2. The summed E-state index contributed by atoms with van der Waals surface area (Å²) in [6.07, 6.45) is 10.6. The van der Waals surface area contributed by atoms with Gasteiger partial charge in [-0.1, -0.05) is 19.8 Å². The standard InChI is InChI=1S/C22H26N4O3/c1-4-14-29-19-9-7-17(8-10-19)24-21(27)22(28)26-12-5-6-18(26)15-25-13-11-23-20(25)16(2)3/h1,7-11,13,16,18H,5-6,12,14-15H2,2-3H3,(H,24,27)/t18-/m1/s1. The number of nitrogens with one attached hydrogen (secondary N) is 1. The van der Waals surface area contributed by atoms with Crippen LogP contribution in [0.25, 0.3) is 0 Å². The monoisotopic (exact) mass is 394 g/mol. The van der Waals surface area contributed by atoms with E-state index in [4.69, 9.17) is 11.2 Å². The first-order valence-corrected chi connectivity index (χ1v) is 9.79. The Balaban J connectivity index is 1.61. The first-order chi connectivity index (χ1) is 14.0. The topological polar surface area (TPSA) is 76.5 Å². The van der Waals surface area contributed by atoms with Gasteiger partial charge in [0.2, 0.25) is 0 Å². The van der Waals surface area contributed by atoms with Crippen molar-refractivity contribution in [1.82, 2.24) is 14.5 Å². The molecule has 1 atom stereocenters. The van der Waals surface area contributed by atoms with Crippen molar-refractivity contribution in [3.63, 3.8) is 0 Å². The molecule has 1 aromatic heterocycles. The molecule has 0 radical (unpaired) electrons. The summed E-state index contributed by atoms with van der Waals surface area (Å²) in [4.78, 5) is 31.3. The van der Waals surface area contributed by atoms with Crippen LogP contribution >= 0.6 is 0 Å². The first kappa shape index (κ1) is 20.5. The van der Waals surface area contributed by atoms with Crippen LogP contribution in [0.3, 0.4) is 0 Å². The fourth-order valence-corrected chi connectivity index (χ4v) is 3.57. The molecule has 0 spiro atoms. The molecule has 0 unspecified atom stereocenters. The zero-order chi connectivity index (χ0) is 20.8. The molecule has 1 aliphatic heterocycles. The number of nitrogens with zero attached hydrogens (tertiary/aromatic N) is 3. The van der Waals surface area contributed by atoms with E-state index in [1.165, 1.54) is 0 Å². The molecule has 0 bridgehead atoms. The summed E-state index contributed by atoms with van der Waals surface area (Å²) in [5.41, 5.74) is 0.531. The number of ether oxygens (including phenoxy) is 1. The fourth-order valence-electron chi connectivity index (χ4n) is 3.57. The number of hydrogen-bond acceptors (Lipinski definition) is 4. The van der Waals surface area contributed by atoms with Crippen molar-refractivity contribution in [2.24, 2.45) is 0 Å². The van der Waals surface area contributed by atoms with Crippen molar-refractivity contribution in [3.8, 4) is 18.1 Å². The fraction of sp³-hybridized carbons (Fsp3) is 0.409. The van der Waals surface area contributed by atoms with Gasteiger partial charge >= 0.3 is 11.8 Å². The highest BCUT2D eigenvalue weighted by atomic mass is 16.5. The highest BCUT2D eigenvalue weighted by molar-refractivity contribution is 6.39. The zero-order valence-electron chi connectivity index (χ0n) is 16.8. The van der Waals surface area contributed by atoms with E-state index in [0.29, 0.717) is 30.4 Å². The molecule has 2 aromatic rings. The summed E-state index contributed by atoms with van der Waals surface area (Å²) < 4.78 is 7.38. The van der Waals surface area contributed by atoms with Crippen LogP contribution in [0.5, 0.6) is 5.75 Å². The zero-order valence-corrected chi connectivity index (χ0v) is 16.8. The molecule has 1 aliphatic rings. The number of imidazole rings is 1. The van der Waals surface area contributed by atoms with E-state index < -0.39 is 11.8 Å². The minimum Gasteiger partial charge on any atom is -0.481 e. The van der Waals surface area contributed by atoms with Gasteiger partial charge in [0, 0.05) is 37.1 Å². The van der Waals surface area contributed by atoms with Crippen LogP contribution < -0.4 is 10.1 Å². The van der Waals surface area contributed by atoms with Gasteiger partial charge in [0.1, 0.15) is 18.2 Å². The minimum atomic E-state index is -0.635. The molecule has 2 heterocycles. The average Bonchev–Trinajstić information content (AvgIpc) is 3.36. The molecule has 1 fully saturated rings. The largest absolute Gasteiger partial charge is 0.481 e. The SMILES string of the molecule is C#CCOc1ccc(NC(=O)C(=O)N2CCC[C@@H]2Cn2ccnc2C(C)C)cc1. The molecule has 7 heteroatoms. The number of benzene rings is 1. The van der Waals surface area contributed by atoms with Gasteiger partial charge in [-0.2, -0.15) is 0 Å². The maximum absolute atomic E-state index is 12.8. The number of aromatic nitrogens is 2. The number of likely N-dealkylation sites (tertiary alicyclic amines) is 1. The third-order valence-electron chi connectivity index (χ3n) is 4.94. The van der Waals surface area contributed by atoms with Gasteiger partial charge < -0.3 is 19.5 Å². The van der Waals surface area contributed by atoms with Gasteiger partial charge in [0.05, 0.1) is 6.04 Å². The van der Waals surface area contributed by atoms with E-state index in [-0.39, 0.29) is 12.6 Å². The Kier molecular flexibility index (Phi) is 6.55. The summed E-state index contributed by atoms with van der Waals surface area (Å²) in [5, 5.41) is 2.67. The number of rotatable bonds is 6. The maximum Gasteiger partial charge on any atom is 0.313 e. The quantitative estimate of drug-likeness (QED) is 0.604. The Labute approximate surface area is 171 Å². The summed E-state index contributed by atoms with van der Waals surface area (Å²) in [6.45, 7) is 5.59. The van der Waals surface area contributed by atoms with Crippen LogP contribution in [-0.2, 0) is 16.1 Å². The van der Waals surface area contributed by atoms with E-state index in [9.17, 15) is 9.59 Å². The Bertz CT molecular complexity index is 896. The molecule has 0 saturated carbocycles. The molecule has 152 valence electrons. The van der Waals surface area contributed by atoms with Gasteiger partial charge in [-0.05, 0) is 37.1 Å². The average molecular weight is 394 g/mol. The van der Waals surface area contributed by atoms with Gasteiger partial charge in [0.25, 0.3) is 0 Å². The number of terminal acetylenes is 1. The molecule has 1 saturated heterocycles. The number of carbonyl (C=O) groups is 2. The first-order valence-electron chi connectivity index (χ1n) is 9.79. The second kappa shape index (κ2) is 9.28. The Hall–Kier alpha value is -3.27. The van der Waals surface area contributed by atoms with Gasteiger partial charge in [-0.3, -0.25) is 9.59 Å². The summed E-state index contributed by atoms with van der Waals surface area (Å²) in [6, 6.07) is 6.74. The Morgan fingerprint density at radius 1 is 1.34 bits per heavy atom. The molecule has 29 heavy (non-hydrogen) atoms. The van der Waals surface area contributed by atoms with Crippen molar-refractivity contribution >= 4 is 17.5 Å². The summed E-state index contributed by atoms with van der Waals surface area (Å²) >= 11 is 0. The normalized spacial score (nSPS) is 15.9. The van der Waals surface area contributed by atoms with E-state index >= 15 is 0 Å². The van der Waals surface area contributed by atoms with Gasteiger partial charge in [-0.25, -0.2) is 4.98 Å². The van der Waals surface area contributed by atoms with Crippen LogP contribution in [0.1, 0.15) is 38.4 Å². The van der Waals surface area contributed by atoms with E-state index in [2.05, 4.69) is 34.6 Å². The van der Waals surface area contributed by atoms with Crippen molar-refractivity contribution in [1.29, 1.82) is 0 Å². The number of amides is 2. The second-order valence-electron chi connectivity index (χ2n) is 7.36. The molecule has 1 aromatic carbocycles. The molecular weight excluding hydrogens is 368 g/mol. The van der Waals surface area contributed by atoms with E-state index in [1.54, 1.807) is 35.4 Å². The lowest BCUT2D eigenvalue weighted by molar-refractivity contribution is -0.143. The number of hydrogen-bond donors (Lipinski definition) is 1. The highest BCUT2D eigenvalue weighted by Crippen LogP contribution is 2.22. The molecule has 2 amide bonds. The smallest absolute Gasteiger partial charge is 0.313 e.